The summed E-state index contributed by atoms with van der Waals surface area (Å²) in [6.07, 6.45) is 1.83. The fraction of sp³-hybridized carbons (Fsp3) is 0.889. The molecule has 2 bridgehead atoms. The van der Waals surface area contributed by atoms with Crippen molar-refractivity contribution in [2.75, 3.05) is 6.61 Å². The van der Waals surface area contributed by atoms with Crippen molar-refractivity contribution in [3.63, 3.8) is 0 Å². The van der Waals surface area contributed by atoms with E-state index in [1.807, 2.05) is 6.92 Å². The van der Waals surface area contributed by atoms with Gasteiger partial charge in [-0.2, -0.15) is 0 Å². The summed E-state index contributed by atoms with van der Waals surface area (Å²) < 4.78 is 10.4. The maximum atomic E-state index is 11.5. The van der Waals surface area contributed by atoms with E-state index >= 15 is 0 Å². The lowest BCUT2D eigenvalue weighted by Gasteiger charge is -2.18. The van der Waals surface area contributed by atoms with Crippen molar-refractivity contribution in [1.29, 1.82) is 0 Å². The van der Waals surface area contributed by atoms with E-state index in [9.17, 15) is 4.79 Å². The molecule has 72 valence electrons. The van der Waals surface area contributed by atoms with Gasteiger partial charge in [0, 0.05) is 12.0 Å². The molecule has 3 rings (SSSR count). The maximum absolute atomic E-state index is 11.5. The highest BCUT2D eigenvalue weighted by molar-refractivity contribution is 5.77. The van der Waals surface area contributed by atoms with Crippen molar-refractivity contribution in [1.82, 2.24) is 5.32 Å². The number of hydrogen-bond acceptors (Lipinski definition) is 4. The molecular weight excluding hydrogens is 170 g/mol. The van der Waals surface area contributed by atoms with Crippen LogP contribution in [0.25, 0.3) is 0 Å². The zero-order chi connectivity index (χ0) is 9.00. The van der Waals surface area contributed by atoms with E-state index in [2.05, 4.69) is 5.32 Å². The Morgan fingerprint density at radius 2 is 2.46 bits per heavy atom. The zero-order valence-corrected chi connectivity index (χ0v) is 7.53. The molecule has 1 saturated carbocycles. The van der Waals surface area contributed by atoms with Crippen LogP contribution < -0.4 is 5.32 Å². The van der Waals surface area contributed by atoms with Crippen LogP contribution >= 0.6 is 0 Å². The number of nitrogens with one attached hydrogen (secondary N) is 1. The Morgan fingerprint density at radius 1 is 1.62 bits per heavy atom. The van der Waals surface area contributed by atoms with Crippen LogP contribution in [0.2, 0.25) is 0 Å². The molecule has 2 aliphatic heterocycles. The average Bonchev–Trinajstić information content (AvgIpc) is 2.72. The molecular formula is C9H13NO3. The van der Waals surface area contributed by atoms with Gasteiger partial charge in [-0.15, -0.1) is 0 Å². The summed E-state index contributed by atoms with van der Waals surface area (Å²) in [6.45, 7) is 2.30. The molecule has 4 nitrogen and oxygen atoms in total. The quantitative estimate of drug-likeness (QED) is 0.471. The molecule has 0 spiro atoms. The summed E-state index contributed by atoms with van der Waals surface area (Å²) in [4.78, 5) is 11.5. The third-order valence-corrected chi connectivity index (χ3v) is 3.27. The molecule has 3 fully saturated rings. The summed E-state index contributed by atoms with van der Waals surface area (Å²) in [5.74, 6) is 0.262. The lowest BCUT2D eigenvalue weighted by atomic mass is 10.00. The van der Waals surface area contributed by atoms with Crippen LogP contribution in [0.5, 0.6) is 0 Å². The Morgan fingerprint density at radius 3 is 3.08 bits per heavy atom. The van der Waals surface area contributed by atoms with E-state index < -0.39 is 0 Å². The van der Waals surface area contributed by atoms with Gasteiger partial charge in [0.1, 0.15) is 6.04 Å². The zero-order valence-electron chi connectivity index (χ0n) is 7.53. The van der Waals surface area contributed by atoms with Crippen molar-refractivity contribution >= 4 is 5.97 Å². The summed E-state index contributed by atoms with van der Waals surface area (Å²) in [7, 11) is 0. The summed E-state index contributed by atoms with van der Waals surface area (Å²) in [6, 6.07) is 0.304. The third-order valence-electron chi connectivity index (χ3n) is 3.27. The summed E-state index contributed by atoms with van der Waals surface area (Å²) in [5, 5.41) is 3.27. The molecule has 0 radical (unpaired) electrons. The van der Waals surface area contributed by atoms with E-state index in [-0.39, 0.29) is 12.0 Å². The van der Waals surface area contributed by atoms with Crippen LogP contribution in [0.4, 0.5) is 0 Å². The first-order chi connectivity index (χ1) is 6.31. The predicted octanol–water partition coefficient (Wildman–Crippen LogP) is -0.323. The van der Waals surface area contributed by atoms with Gasteiger partial charge >= 0.3 is 5.97 Å². The Hall–Kier alpha value is -0.610. The lowest BCUT2D eigenvalue weighted by Crippen LogP contribution is -2.46. The van der Waals surface area contributed by atoms with Crippen LogP contribution in [-0.2, 0) is 14.3 Å². The molecule has 0 amide bonds. The van der Waals surface area contributed by atoms with Gasteiger partial charge in [0.05, 0.1) is 18.8 Å². The Bertz CT molecular complexity index is 255. The van der Waals surface area contributed by atoms with Crippen molar-refractivity contribution in [3.8, 4) is 0 Å². The Kier molecular flexibility index (Phi) is 1.46. The van der Waals surface area contributed by atoms with E-state index in [0.717, 1.165) is 6.42 Å². The van der Waals surface area contributed by atoms with E-state index in [0.29, 0.717) is 30.8 Å². The highest BCUT2D eigenvalue weighted by atomic mass is 16.6. The Labute approximate surface area is 76.6 Å². The van der Waals surface area contributed by atoms with E-state index in [1.54, 1.807) is 0 Å². The van der Waals surface area contributed by atoms with Gasteiger partial charge in [-0.1, -0.05) is 0 Å². The molecule has 4 heteroatoms. The standard InChI is InChI=1S/C9H13NO3/c1-2-12-9(11)6-4-3-5(10-6)8-7(4)13-8/h4-8,10H,2-3H2,1H3/t4-,5-,6-,7?,8?/m0/s1. The molecule has 2 unspecified atom stereocenters. The van der Waals surface area contributed by atoms with Gasteiger partial charge in [0.15, 0.2) is 0 Å². The lowest BCUT2D eigenvalue weighted by molar-refractivity contribution is -0.146. The number of hydrogen-bond donors (Lipinski definition) is 1. The first-order valence-electron chi connectivity index (χ1n) is 4.89. The highest BCUT2D eigenvalue weighted by Crippen LogP contribution is 2.49. The smallest absolute Gasteiger partial charge is 0.323 e. The average molecular weight is 183 g/mol. The molecule has 5 atom stereocenters. The minimum absolute atomic E-state index is 0.103. The Balaban J connectivity index is 1.70. The second-order valence-electron chi connectivity index (χ2n) is 3.97. The number of epoxide rings is 1. The molecule has 1 N–H and O–H groups in total. The number of esters is 1. The van der Waals surface area contributed by atoms with Crippen molar-refractivity contribution < 1.29 is 14.3 Å². The predicted molar refractivity (Wildman–Crippen MR) is 44.1 cm³/mol. The van der Waals surface area contributed by atoms with Crippen molar-refractivity contribution in [2.45, 2.75) is 37.6 Å². The van der Waals surface area contributed by atoms with Crippen LogP contribution in [-0.4, -0.2) is 36.9 Å². The topological polar surface area (TPSA) is 50.9 Å². The molecule has 0 aromatic heterocycles. The second-order valence-corrected chi connectivity index (χ2v) is 3.97. The third kappa shape index (κ3) is 0.957. The molecule has 0 aromatic rings. The van der Waals surface area contributed by atoms with Gasteiger partial charge in [-0.3, -0.25) is 10.1 Å². The van der Waals surface area contributed by atoms with Gasteiger partial charge < -0.3 is 9.47 Å². The summed E-state index contributed by atoms with van der Waals surface area (Å²) in [5.41, 5.74) is 0. The molecule has 13 heavy (non-hydrogen) atoms. The largest absolute Gasteiger partial charge is 0.465 e. The normalized spacial score (nSPS) is 50.4. The number of fused-ring (bicyclic) bond motifs is 5. The maximum Gasteiger partial charge on any atom is 0.323 e. The first-order valence-corrected chi connectivity index (χ1v) is 4.89. The molecule has 2 heterocycles. The van der Waals surface area contributed by atoms with Gasteiger partial charge in [0.2, 0.25) is 0 Å². The second kappa shape index (κ2) is 2.45. The van der Waals surface area contributed by atoms with Crippen LogP contribution in [0.15, 0.2) is 0 Å². The number of rotatable bonds is 2. The summed E-state index contributed by atoms with van der Waals surface area (Å²) >= 11 is 0. The number of carbonyl (C=O) groups is 1. The molecule has 0 aromatic carbocycles. The molecule has 2 saturated heterocycles. The minimum atomic E-state index is -0.107. The van der Waals surface area contributed by atoms with Gasteiger partial charge in [0.25, 0.3) is 0 Å². The SMILES string of the molecule is CCOC(=O)[C@H]1N[C@H]2C[C@@H]1C1OC12. The monoisotopic (exact) mass is 183 g/mol. The van der Waals surface area contributed by atoms with Crippen molar-refractivity contribution in [3.05, 3.63) is 0 Å². The number of piperidine rings is 1. The number of ether oxygens (including phenoxy) is 2. The fourth-order valence-corrected chi connectivity index (χ4v) is 2.68. The van der Waals surface area contributed by atoms with Gasteiger partial charge in [-0.25, -0.2) is 0 Å². The molecule has 3 aliphatic rings. The fourth-order valence-electron chi connectivity index (χ4n) is 2.68. The van der Waals surface area contributed by atoms with Crippen LogP contribution in [0.1, 0.15) is 13.3 Å². The minimum Gasteiger partial charge on any atom is -0.465 e. The molecule has 1 aliphatic carbocycles. The van der Waals surface area contributed by atoms with Crippen LogP contribution in [0.3, 0.4) is 0 Å². The van der Waals surface area contributed by atoms with E-state index in [1.165, 1.54) is 0 Å². The van der Waals surface area contributed by atoms with Crippen LogP contribution in [0, 0.1) is 5.92 Å². The van der Waals surface area contributed by atoms with Gasteiger partial charge in [-0.05, 0) is 13.3 Å². The highest BCUT2D eigenvalue weighted by Gasteiger charge is 2.65. The number of carbonyl (C=O) groups excluding carboxylic acids is 1. The van der Waals surface area contributed by atoms with Crippen molar-refractivity contribution in [2.24, 2.45) is 5.92 Å². The first kappa shape index (κ1) is 7.76. The van der Waals surface area contributed by atoms with E-state index in [4.69, 9.17) is 9.47 Å².